The highest BCUT2D eigenvalue weighted by atomic mass is 35.5. The van der Waals surface area contributed by atoms with E-state index >= 15 is 0 Å². The number of imidazole rings is 1. The third kappa shape index (κ3) is 1.24. The van der Waals surface area contributed by atoms with E-state index in [1.807, 2.05) is 6.92 Å². The van der Waals surface area contributed by atoms with E-state index < -0.39 is 5.97 Å². The largest absolute Gasteiger partial charge is 0.475 e. The van der Waals surface area contributed by atoms with Crippen LogP contribution in [0.5, 0.6) is 0 Å². The highest BCUT2D eigenvalue weighted by Crippen LogP contribution is 2.19. The lowest BCUT2D eigenvalue weighted by Gasteiger charge is -1.97. The molecule has 0 bridgehead atoms. The highest BCUT2D eigenvalue weighted by molar-refractivity contribution is 6.33. The minimum absolute atomic E-state index is 0.0648. The molecule has 0 aliphatic rings. The van der Waals surface area contributed by atoms with Crippen LogP contribution in [0.3, 0.4) is 0 Å². The van der Waals surface area contributed by atoms with Gasteiger partial charge in [0.1, 0.15) is 0 Å². The summed E-state index contributed by atoms with van der Waals surface area (Å²) < 4.78 is 1.46. The fraction of sp³-hybridized carbons (Fsp3) is 0.111. The van der Waals surface area contributed by atoms with Gasteiger partial charge in [0.2, 0.25) is 5.82 Å². The van der Waals surface area contributed by atoms with Crippen LogP contribution in [0.2, 0.25) is 5.15 Å². The van der Waals surface area contributed by atoms with Crippen LogP contribution in [0.25, 0.3) is 5.52 Å². The quantitative estimate of drug-likeness (QED) is 0.783. The fourth-order valence-electron chi connectivity index (χ4n) is 1.30. The van der Waals surface area contributed by atoms with Gasteiger partial charge in [0.25, 0.3) is 0 Å². The minimum atomic E-state index is -1.09. The Morgan fingerprint density at radius 2 is 2.36 bits per heavy atom. The van der Waals surface area contributed by atoms with Crippen molar-refractivity contribution in [1.82, 2.24) is 9.38 Å². The zero-order valence-electron chi connectivity index (χ0n) is 7.36. The average molecular weight is 211 g/mol. The second kappa shape index (κ2) is 2.99. The van der Waals surface area contributed by atoms with E-state index in [-0.39, 0.29) is 11.0 Å². The van der Waals surface area contributed by atoms with Crippen molar-refractivity contribution in [3.63, 3.8) is 0 Å². The number of hydrogen-bond donors (Lipinski definition) is 1. The summed E-state index contributed by atoms with van der Waals surface area (Å²) in [7, 11) is 0. The second-order valence-corrected chi connectivity index (χ2v) is 3.35. The second-order valence-electron chi connectivity index (χ2n) is 2.99. The van der Waals surface area contributed by atoms with Crippen molar-refractivity contribution in [2.24, 2.45) is 0 Å². The standard InChI is InChI=1S/C9H7ClN2O2/c1-5-2-3-12-6(4-5)7(10)11-8(12)9(13)14/h2-4H,1H3,(H,13,14). The zero-order valence-corrected chi connectivity index (χ0v) is 8.12. The summed E-state index contributed by atoms with van der Waals surface area (Å²) in [5, 5.41) is 9.04. The number of hydrogen-bond acceptors (Lipinski definition) is 2. The van der Waals surface area contributed by atoms with Gasteiger partial charge >= 0.3 is 5.97 Å². The molecule has 2 aromatic rings. The van der Waals surface area contributed by atoms with Crippen molar-refractivity contribution in [1.29, 1.82) is 0 Å². The molecule has 72 valence electrons. The summed E-state index contributed by atoms with van der Waals surface area (Å²) in [5.74, 6) is -1.15. The van der Waals surface area contributed by atoms with Crippen molar-refractivity contribution in [2.75, 3.05) is 0 Å². The molecule has 0 aromatic carbocycles. The van der Waals surface area contributed by atoms with Crippen LogP contribution in [0.1, 0.15) is 16.2 Å². The first-order chi connectivity index (χ1) is 6.59. The highest BCUT2D eigenvalue weighted by Gasteiger charge is 2.14. The molecule has 0 aliphatic carbocycles. The van der Waals surface area contributed by atoms with Gasteiger partial charge in [-0.05, 0) is 24.6 Å². The molecule has 5 heteroatoms. The molecule has 2 rings (SSSR count). The van der Waals surface area contributed by atoms with Gasteiger partial charge in [-0.2, -0.15) is 0 Å². The molecule has 2 heterocycles. The summed E-state index contributed by atoms with van der Waals surface area (Å²) >= 11 is 5.80. The molecule has 0 spiro atoms. The lowest BCUT2D eigenvalue weighted by atomic mass is 10.3. The van der Waals surface area contributed by atoms with Crippen molar-refractivity contribution in [3.05, 3.63) is 34.9 Å². The van der Waals surface area contributed by atoms with Gasteiger partial charge in [0, 0.05) is 6.20 Å². The molecule has 0 aliphatic heterocycles. The average Bonchev–Trinajstić information content (AvgIpc) is 2.44. The number of carbonyl (C=O) groups is 1. The number of pyridine rings is 1. The number of aryl methyl sites for hydroxylation is 1. The van der Waals surface area contributed by atoms with Crippen LogP contribution in [-0.4, -0.2) is 20.5 Å². The molecule has 0 saturated heterocycles. The van der Waals surface area contributed by atoms with Gasteiger partial charge in [-0.3, -0.25) is 4.40 Å². The van der Waals surface area contributed by atoms with Crippen molar-refractivity contribution >= 4 is 23.1 Å². The van der Waals surface area contributed by atoms with Crippen LogP contribution in [0.4, 0.5) is 0 Å². The Balaban J connectivity index is 2.84. The fourth-order valence-corrected chi connectivity index (χ4v) is 1.53. The van der Waals surface area contributed by atoms with Gasteiger partial charge < -0.3 is 5.11 Å². The summed E-state index contributed by atoms with van der Waals surface area (Å²) in [6.45, 7) is 1.91. The maximum atomic E-state index is 10.8. The van der Waals surface area contributed by atoms with Gasteiger partial charge in [-0.15, -0.1) is 0 Å². The summed E-state index contributed by atoms with van der Waals surface area (Å²) in [6, 6.07) is 3.60. The predicted octanol–water partition coefficient (Wildman–Crippen LogP) is 1.99. The Morgan fingerprint density at radius 3 is 3.00 bits per heavy atom. The topological polar surface area (TPSA) is 54.6 Å². The maximum absolute atomic E-state index is 10.8. The Kier molecular flexibility index (Phi) is 1.93. The molecular formula is C9H7ClN2O2. The molecule has 1 N–H and O–H groups in total. The smallest absolute Gasteiger partial charge is 0.372 e. The number of carboxylic acid groups (broad SMARTS) is 1. The third-order valence-corrected chi connectivity index (χ3v) is 2.22. The predicted molar refractivity (Wildman–Crippen MR) is 51.9 cm³/mol. The minimum Gasteiger partial charge on any atom is -0.475 e. The number of rotatable bonds is 1. The lowest BCUT2D eigenvalue weighted by molar-refractivity contribution is 0.0683. The Bertz CT molecular complexity index is 519. The van der Waals surface area contributed by atoms with Crippen molar-refractivity contribution < 1.29 is 9.90 Å². The number of aromatic nitrogens is 2. The van der Waals surface area contributed by atoms with E-state index in [1.165, 1.54) is 4.40 Å². The van der Waals surface area contributed by atoms with Crippen molar-refractivity contribution in [3.8, 4) is 0 Å². The van der Waals surface area contributed by atoms with E-state index in [1.54, 1.807) is 18.3 Å². The zero-order chi connectivity index (χ0) is 10.3. The van der Waals surface area contributed by atoms with Gasteiger partial charge in [-0.1, -0.05) is 11.6 Å². The first kappa shape index (κ1) is 9.02. The normalized spacial score (nSPS) is 10.7. The van der Waals surface area contributed by atoms with E-state index in [0.29, 0.717) is 5.52 Å². The lowest BCUT2D eigenvalue weighted by Crippen LogP contribution is -2.03. The van der Waals surface area contributed by atoms with E-state index in [4.69, 9.17) is 16.7 Å². The number of fused-ring (bicyclic) bond motifs is 1. The van der Waals surface area contributed by atoms with Crippen LogP contribution in [0.15, 0.2) is 18.3 Å². The van der Waals surface area contributed by atoms with Crippen LogP contribution in [-0.2, 0) is 0 Å². The molecule has 2 aromatic heterocycles. The number of nitrogens with zero attached hydrogens (tertiary/aromatic N) is 2. The monoisotopic (exact) mass is 210 g/mol. The maximum Gasteiger partial charge on any atom is 0.372 e. The molecule has 0 radical (unpaired) electrons. The number of halogens is 1. The first-order valence-corrected chi connectivity index (χ1v) is 4.35. The molecule has 14 heavy (non-hydrogen) atoms. The van der Waals surface area contributed by atoms with Gasteiger partial charge in [0.15, 0.2) is 5.15 Å². The Morgan fingerprint density at radius 1 is 1.64 bits per heavy atom. The molecule has 0 atom stereocenters. The first-order valence-electron chi connectivity index (χ1n) is 3.97. The van der Waals surface area contributed by atoms with Gasteiger partial charge in [0.05, 0.1) is 5.52 Å². The molecule has 0 unspecified atom stereocenters. The Labute approximate surface area is 84.8 Å². The van der Waals surface area contributed by atoms with Crippen LogP contribution < -0.4 is 0 Å². The van der Waals surface area contributed by atoms with Gasteiger partial charge in [-0.25, -0.2) is 9.78 Å². The Hall–Kier alpha value is -1.55. The summed E-state index contributed by atoms with van der Waals surface area (Å²) in [4.78, 5) is 14.5. The third-order valence-electron chi connectivity index (χ3n) is 1.95. The van der Waals surface area contributed by atoms with E-state index in [0.717, 1.165) is 5.56 Å². The molecule has 0 saturated carbocycles. The molecule has 0 amide bonds. The molecule has 0 fully saturated rings. The summed E-state index contributed by atoms with van der Waals surface area (Å²) in [6.07, 6.45) is 1.65. The molecule has 4 nitrogen and oxygen atoms in total. The summed E-state index contributed by atoms with van der Waals surface area (Å²) in [5.41, 5.74) is 1.63. The number of carboxylic acids is 1. The van der Waals surface area contributed by atoms with Crippen molar-refractivity contribution in [2.45, 2.75) is 6.92 Å². The SMILES string of the molecule is Cc1ccn2c(C(=O)O)nc(Cl)c2c1. The van der Waals surface area contributed by atoms with Crippen LogP contribution >= 0.6 is 11.6 Å². The number of aromatic carboxylic acids is 1. The van der Waals surface area contributed by atoms with E-state index in [2.05, 4.69) is 4.98 Å². The van der Waals surface area contributed by atoms with E-state index in [9.17, 15) is 4.79 Å². The van der Waals surface area contributed by atoms with Crippen LogP contribution in [0, 0.1) is 6.92 Å². The molecular weight excluding hydrogens is 204 g/mol.